The van der Waals surface area contributed by atoms with E-state index in [1.54, 1.807) is 6.07 Å². The fourth-order valence-corrected chi connectivity index (χ4v) is 2.56. The molecule has 1 aliphatic carbocycles. The first-order valence-corrected chi connectivity index (χ1v) is 5.86. The van der Waals surface area contributed by atoms with Crippen LogP contribution < -0.4 is 9.47 Å². The summed E-state index contributed by atoms with van der Waals surface area (Å²) in [4.78, 5) is 21.9. The number of nitrogens with zero attached hydrogens (tertiary/aromatic N) is 1. The van der Waals surface area contributed by atoms with Gasteiger partial charge >= 0.3 is 11.7 Å². The van der Waals surface area contributed by atoms with Gasteiger partial charge in [-0.3, -0.25) is 14.9 Å². The summed E-state index contributed by atoms with van der Waals surface area (Å²) in [6, 6.07) is 2.84. The smallest absolute Gasteiger partial charge is 0.315 e. The third-order valence-electron chi connectivity index (χ3n) is 3.82. The third-order valence-corrected chi connectivity index (χ3v) is 3.82. The lowest BCUT2D eigenvalue weighted by Crippen LogP contribution is -2.42. The van der Waals surface area contributed by atoms with Crippen molar-refractivity contribution in [3.63, 3.8) is 0 Å². The zero-order chi connectivity index (χ0) is 13.6. The van der Waals surface area contributed by atoms with E-state index < -0.39 is 16.3 Å². The van der Waals surface area contributed by atoms with Gasteiger partial charge in [-0.15, -0.1) is 0 Å². The molecule has 0 unspecified atom stereocenters. The molecule has 0 atom stereocenters. The van der Waals surface area contributed by atoms with Gasteiger partial charge in [-0.1, -0.05) is 6.42 Å². The molecule has 7 nitrogen and oxygen atoms in total. The van der Waals surface area contributed by atoms with Crippen LogP contribution in [-0.2, 0) is 10.2 Å². The molecule has 0 amide bonds. The van der Waals surface area contributed by atoms with Gasteiger partial charge in [0.2, 0.25) is 12.5 Å². The number of carboxylic acids is 1. The van der Waals surface area contributed by atoms with Crippen molar-refractivity contribution in [1.29, 1.82) is 0 Å². The molecule has 7 heteroatoms. The minimum atomic E-state index is -1.02. The Labute approximate surface area is 107 Å². The maximum atomic E-state index is 11.4. The molecular weight excluding hydrogens is 254 g/mol. The van der Waals surface area contributed by atoms with Crippen molar-refractivity contribution in [1.82, 2.24) is 0 Å². The van der Waals surface area contributed by atoms with E-state index in [1.165, 1.54) is 6.07 Å². The molecule has 1 aliphatic heterocycles. The van der Waals surface area contributed by atoms with Crippen LogP contribution >= 0.6 is 0 Å². The molecule has 0 radical (unpaired) electrons. The van der Waals surface area contributed by atoms with Gasteiger partial charge in [0.05, 0.1) is 10.3 Å². The van der Waals surface area contributed by atoms with Crippen molar-refractivity contribution >= 4 is 11.7 Å². The van der Waals surface area contributed by atoms with E-state index in [2.05, 4.69) is 0 Å². The molecule has 100 valence electrons. The number of ether oxygens (including phenoxy) is 2. The average Bonchev–Trinajstić information content (AvgIpc) is 2.73. The van der Waals surface area contributed by atoms with E-state index in [9.17, 15) is 20.0 Å². The van der Waals surface area contributed by atoms with Gasteiger partial charge in [0, 0.05) is 6.07 Å². The summed E-state index contributed by atoms with van der Waals surface area (Å²) in [7, 11) is 0. The number of carboxylic acid groups (broad SMARTS) is 1. The van der Waals surface area contributed by atoms with Gasteiger partial charge in [-0.25, -0.2) is 0 Å². The highest BCUT2D eigenvalue weighted by atomic mass is 16.7. The Morgan fingerprint density at radius 3 is 2.63 bits per heavy atom. The van der Waals surface area contributed by atoms with Crippen molar-refractivity contribution < 1.29 is 24.3 Å². The lowest BCUT2D eigenvalue weighted by atomic mass is 9.64. The number of hydrogen-bond acceptors (Lipinski definition) is 5. The number of carbonyl (C=O) groups is 1. The number of fused-ring (bicyclic) bond motifs is 1. The number of nitro benzene ring substituents is 1. The van der Waals surface area contributed by atoms with Crippen molar-refractivity contribution in [2.75, 3.05) is 6.79 Å². The minimum Gasteiger partial charge on any atom is -0.481 e. The van der Waals surface area contributed by atoms with Crippen LogP contribution in [0.5, 0.6) is 11.5 Å². The lowest BCUT2D eigenvalue weighted by Gasteiger charge is -2.37. The van der Waals surface area contributed by atoms with Crippen molar-refractivity contribution in [2.45, 2.75) is 24.7 Å². The molecule has 0 bridgehead atoms. The zero-order valence-electron chi connectivity index (χ0n) is 9.92. The molecule has 1 heterocycles. The number of rotatable bonds is 3. The molecule has 1 aromatic rings. The first-order valence-electron chi connectivity index (χ1n) is 5.86. The molecule has 0 spiro atoms. The molecule has 0 aromatic heterocycles. The van der Waals surface area contributed by atoms with Gasteiger partial charge in [-0.2, -0.15) is 0 Å². The van der Waals surface area contributed by atoms with Crippen molar-refractivity contribution in [3.05, 3.63) is 27.8 Å². The van der Waals surface area contributed by atoms with Crippen LogP contribution in [0.1, 0.15) is 24.8 Å². The Morgan fingerprint density at radius 1 is 1.37 bits per heavy atom. The predicted molar refractivity (Wildman–Crippen MR) is 62.4 cm³/mol. The Balaban J connectivity index is 2.16. The quantitative estimate of drug-likeness (QED) is 0.661. The molecule has 1 N–H and O–H groups in total. The Bertz CT molecular complexity index is 578. The van der Waals surface area contributed by atoms with Crippen LogP contribution in [0.4, 0.5) is 5.69 Å². The van der Waals surface area contributed by atoms with E-state index in [0.717, 1.165) is 6.42 Å². The fourth-order valence-electron chi connectivity index (χ4n) is 2.56. The van der Waals surface area contributed by atoms with Crippen LogP contribution in [0.2, 0.25) is 0 Å². The number of hydrogen-bond donors (Lipinski definition) is 1. The van der Waals surface area contributed by atoms with Gasteiger partial charge < -0.3 is 14.6 Å². The zero-order valence-corrected chi connectivity index (χ0v) is 9.92. The Morgan fingerprint density at radius 2 is 2.11 bits per heavy atom. The van der Waals surface area contributed by atoms with Crippen LogP contribution in [0.25, 0.3) is 0 Å². The maximum Gasteiger partial charge on any atom is 0.315 e. The normalized spacial score (nSPS) is 18.7. The second-order valence-electron chi connectivity index (χ2n) is 4.73. The van der Waals surface area contributed by atoms with Crippen LogP contribution in [0, 0.1) is 10.1 Å². The fraction of sp³-hybridized carbons (Fsp3) is 0.417. The lowest BCUT2D eigenvalue weighted by molar-refractivity contribution is -0.385. The molecule has 19 heavy (non-hydrogen) atoms. The van der Waals surface area contributed by atoms with Gasteiger partial charge in [0.15, 0.2) is 5.75 Å². The van der Waals surface area contributed by atoms with Gasteiger partial charge in [-0.05, 0) is 24.5 Å². The number of nitro groups is 1. The maximum absolute atomic E-state index is 11.4. The first-order chi connectivity index (χ1) is 9.04. The monoisotopic (exact) mass is 265 g/mol. The van der Waals surface area contributed by atoms with Crippen LogP contribution in [-0.4, -0.2) is 22.8 Å². The Kier molecular flexibility index (Phi) is 2.38. The highest BCUT2D eigenvalue weighted by Crippen LogP contribution is 2.50. The van der Waals surface area contributed by atoms with Crippen LogP contribution in [0.15, 0.2) is 12.1 Å². The number of aliphatic carboxylic acids is 1. The second-order valence-corrected chi connectivity index (χ2v) is 4.73. The first kappa shape index (κ1) is 11.8. The summed E-state index contributed by atoms with van der Waals surface area (Å²) in [5.74, 6) is -0.628. The third kappa shape index (κ3) is 1.54. The molecule has 1 aromatic carbocycles. The van der Waals surface area contributed by atoms with E-state index in [4.69, 9.17) is 9.47 Å². The summed E-state index contributed by atoms with van der Waals surface area (Å²) < 4.78 is 10.2. The summed E-state index contributed by atoms with van der Waals surface area (Å²) in [5, 5.41) is 20.4. The predicted octanol–water partition coefficient (Wildman–Crippen LogP) is 1.83. The highest BCUT2D eigenvalue weighted by Gasteiger charge is 2.47. The molecular formula is C12H11NO6. The SMILES string of the molecule is O=C(O)C1(c2cc3c(c([N+](=O)[O-])c2)OCO3)CCC1. The number of benzene rings is 1. The van der Waals surface area contributed by atoms with E-state index in [-0.39, 0.29) is 24.0 Å². The molecule has 3 rings (SSSR count). The summed E-state index contributed by atoms with van der Waals surface area (Å²) >= 11 is 0. The van der Waals surface area contributed by atoms with Gasteiger partial charge in [0.1, 0.15) is 0 Å². The van der Waals surface area contributed by atoms with Crippen molar-refractivity contribution in [3.8, 4) is 11.5 Å². The topological polar surface area (TPSA) is 98.9 Å². The average molecular weight is 265 g/mol. The molecule has 2 aliphatic rings. The van der Waals surface area contributed by atoms with Crippen molar-refractivity contribution in [2.24, 2.45) is 0 Å². The van der Waals surface area contributed by atoms with E-state index in [1.807, 2.05) is 0 Å². The molecule has 0 saturated heterocycles. The van der Waals surface area contributed by atoms with E-state index in [0.29, 0.717) is 18.4 Å². The van der Waals surface area contributed by atoms with Crippen LogP contribution in [0.3, 0.4) is 0 Å². The summed E-state index contributed by atoms with van der Waals surface area (Å²) in [6.07, 6.45) is 1.77. The Hall–Kier alpha value is -2.31. The largest absolute Gasteiger partial charge is 0.481 e. The highest BCUT2D eigenvalue weighted by molar-refractivity contribution is 5.83. The minimum absolute atomic E-state index is 0.0774. The molecule has 1 saturated carbocycles. The second kappa shape index (κ2) is 3.84. The molecule has 1 fully saturated rings. The van der Waals surface area contributed by atoms with Gasteiger partial charge in [0.25, 0.3) is 0 Å². The summed E-state index contributed by atoms with van der Waals surface area (Å²) in [5.41, 5.74) is -0.842. The standard InChI is InChI=1S/C12H11NO6/c14-11(15)12(2-1-3-12)7-4-8(13(16)17)10-9(5-7)18-6-19-10/h4-5H,1-3,6H2,(H,14,15). The summed E-state index contributed by atoms with van der Waals surface area (Å²) in [6.45, 7) is -0.0836. The van der Waals surface area contributed by atoms with E-state index >= 15 is 0 Å².